The van der Waals surface area contributed by atoms with Crippen molar-refractivity contribution in [2.24, 2.45) is 0 Å². The summed E-state index contributed by atoms with van der Waals surface area (Å²) >= 11 is 0. The summed E-state index contributed by atoms with van der Waals surface area (Å²) in [7, 11) is 2.13. The van der Waals surface area contributed by atoms with E-state index in [1.165, 1.54) is 27.9 Å². The first-order chi connectivity index (χ1) is 9.47. The number of benzene rings is 2. The molecule has 0 saturated heterocycles. The molecule has 0 bridgehead atoms. The van der Waals surface area contributed by atoms with Crippen molar-refractivity contribution in [1.29, 1.82) is 0 Å². The van der Waals surface area contributed by atoms with Crippen LogP contribution in [0.25, 0.3) is 0 Å². The van der Waals surface area contributed by atoms with E-state index in [-0.39, 0.29) is 0 Å². The first-order valence-corrected chi connectivity index (χ1v) is 7.11. The summed E-state index contributed by atoms with van der Waals surface area (Å²) in [6, 6.07) is 12.7. The van der Waals surface area contributed by atoms with Crippen LogP contribution in [-0.4, -0.2) is 13.6 Å². The third-order valence-electron chi connectivity index (χ3n) is 4.00. The average molecular weight is 268 g/mol. The van der Waals surface area contributed by atoms with Crippen molar-refractivity contribution >= 4 is 11.4 Å². The van der Waals surface area contributed by atoms with Crippen LogP contribution in [-0.2, 0) is 6.42 Å². The fourth-order valence-corrected chi connectivity index (χ4v) is 2.44. The molecule has 106 valence electrons. The second-order valence-electron chi connectivity index (χ2n) is 5.63. The number of nitrogens with two attached hydrogens (primary N) is 1. The van der Waals surface area contributed by atoms with Crippen molar-refractivity contribution in [3.05, 3.63) is 58.7 Å². The normalized spacial score (nSPS) is 10.6. The highest BCUT2D eigenvalue weighted by atomic mass is 15.1. The van der Waals surface area contributed by atoms with Crippen molar-refractivity contribution in [1.82, 2.24) is 0 Å². The number of hydrogen-bond acceptors (Lipinski definition) is 2. The fraction of sp³-hybridized carbons (Fsp3) is 0.333. The number of hydrogen-bond donors (Lipinski definition) is 1. The van der Waals surface area contributed by atoms with Crippen molar-refractivity contribution in [3.63, 3.8) is 0 Å². The van der Waals surface area contributed by atoms with Gasteiger partial charge >= 0.3 is 0 Å². The molecule has 2 aromatic carbocycles. The van der Waals surface area contributed by atoms with Crippen LogP contribution >= 0.6 is 0 Å². The van der Waals surface area contributed by atoms with Gasteiger partial charge in [-0.05, 0) is 73.7 Å². The van der Waals surface area contributed by atoms with Gasteiger partial charge in [0.1, 0.15) is 0 Å². The molecule has 2 nitrogen and oxygen atoms in total. The van der Waals surface area contributed by atoms with E-state index in [0.717, 1.165) is 18.7 Å². The van der Waals surface area contributed by atoms with Crippen LogP contribution in [0, 0.1) is 20.8 Å². The van der Waals surface area contributed by atoms with Crippen LogP contribution < -0.4 is 10.6 Å². The van der Waals surface area contributed by atoms with Crippen LogP contribution in [0.5, 0.6) is 0 Å². The molecule has 0 saturated carbocycles. The minimum Gasteiger partial charge on any atom is -0.399 e. The molecule has 0 aliphatic rings. The summed E-state index contributed by atoms with van der Waals surface area (Å²) in [5, 5.41) is 0. The topological polar surface area (TPSA) is 29.3 Å². The maximum atomic E-state index is 5.72. The first-order valence-electron chi connectivity index (χ1n) is 7.11. The standard InChI is InChI=1S/C18H24N2/c1-13-11-15(3)16(12-14(13)2)9-10-20(4)18-7-5-17(19)6-8-18/h5-8,11-12H,9-10,19H2,1-4H3. The Morgan fingerprint density at radius 3 is 2.15 bits per heavy atom. The average Bonchev–Trinajstić information content (AvgIpc) is 2.42. The number of anilines is 2. The Hall–Kier alpha value is -1.96. The molecule has 2 aromatic rings. The van der Waals surface area contributed by atoms with Gasteiger partial charge in [-0.3, -0.25) is 0 Å². The van der Waals surface area contributed by atoms with Gasteiger partial charge in [0.05, 0.1) is 0 Å². The molecule has 20 heavy (non-hydrogen) atoms. The Morgan fingerprint density at radius 1 is 0.900 bits per heavy atom. The molecule has 0 heterocycles. The van der Waals surface area contributed by atoms with Crippen molar-refractivity contribution in [2.75, 3.05) is 24.2 Å². The molecule has 0 aliphatic heterocycles. The van der Waals surface area contributed by atoms with Crippen molar-refractivity contribution in [3.8, 4) is 0 Å². The van der Waals surface area contributed by atoms with E-state index in [9.17, 15) is 0 Å². The highest BCUT2D eigenvalue weighted by Crippen LogP contribution is 2.18. The van der Waals surface area contributed by atoms with E-state index >= 15 is 0 Å². The summed E-state index contributed by atoms with van der Waals surface area (Å²) in [6.07, 6.45) is 1.06. The van der Waals surface area contributed by atoms with Gasteiger partial charge in [0.15, 0.2) is 0 Å². The number of aryl methyl sites for hydroxylation is 3. The van der Waals surface area contributed by atoms with E-state index in [0.29, 0.717) is 0 Å². The van der Waals surface area contributed by atoms with Crippen LogP contribution in [0.1, 0.15) is 22.3 Å². The summed E-state index contributed by atoms with van der Waals surface area (Å²) < 4.78 is 0. The number of rotatable bonds is 4. The monoisotopic (exact) mass is 268 g/mol. The highest BCUT2D eigenvalue weighted by molar-refractivity contribution is 5.52. The number of nitrogen functional groups attached to an aromatic ring is 1. The van der Waals surface area contributed by atoms with E-state index in [1.807, 2.05) is 12.1 Å². The molecule has 0 atom stereocenters. The smallest absolute Gasteiger partial charge is 0.0365 e. The first kappa shape index (κ1) is 14.4. The summed E-state index contributed by atoms with van der Waals surface area (Å²) in [4.78, 5) is 2.27. The van der Waals surface area contributed by atoms with Crippen LogP contribution in [0.2, 0.25) is 0 Å². The minimum absolute atomic E-state index is 0.812. The molecule has 0 radical (unpaired) electrons. The quantitative estimate of drug-likeness (QED) is 0.853. The van der Waals surface area contributed by atoms with Crippen LogP contribution in [0.15, 0.2) is 36.4 Å². The second kappa shape index (κ2) is 6.00. The molecular weight excluding hydrogens is 244 g/mol. The van der Waals surface area contributed by atoms with Crippen molar-refractivity contribution in [2.45, 2.75) is 27.2 Å². The molecule has 0 amide bonds. The maximum Gasteiger partial charge on any atom is 0.0365 e. The summed E-state index contributed by atoms with van der Waals surface area (Å²) in [6.45, 7) is 7.56. The van der Waals surface area contributed by atoms with E-state index < -0.39 is 0 Å². The summed E-state index contributed by atoms with van der Waals surface area (Å²) in [5.41, 5.74) is 13.3. The Balaban J connectivity index is 2.05. The van der Waals surface area contributed by atoms with E-state index in [4.69, 9.17) is 5.73 Å². The van der Waals surface area contributed by atoms with Gasteiger partial charge in [0.2, 0.25) is 0 Å². The lowest BCUT2D eigenvalue weighted by molar-refractivity contribution is 0.870. The van der Waals surface area contributed by atoms with Gasteiger partial charge in [-0.25, -0.2) is 0 Å². The van der Waals surface area contributed by atoms with Crippen molar-refractivity contribution < 1.29 is 0 Å². The zero-order valence-electron chi connectivity index (χ0n) is 12.9. The maximum absolute atomic E-state index is 5.72. The molecular formula is C18H24N2. The number of nitrogens with zero attached hydrogens (tertiary/aromatic N) is 1. The number of likely N-dealkylation sites (N-methyl/N-ethyl adjacent to an activating group) is 1. The highest BCUT2D eigenvalue weighted by Gasteiger charge is 2.05. The van der Waals surface area contributed by atoms with Gasteiger partial charge in [0, 0.05) is 25.0 Å². The second-order valence-corrected chi connectivity index (χ2v) is 5.63. The third-order valence-corrected chi connectivity index (χ3v) is 4.00. The molecule has 0 aromatic heterocycles. The SMILES string of the molecule is Cc1cc(C)c(CCN(C)c2ccc(N)cc2)cc1C. The Kier molecular flexibility index (Phi) is 4.33. The Labute approximate surface area is 122 Å². The molecule has 2 heteroatoms. The molecule has 0 fully saturated rings. The predicted molar refractivity (Wildman–Crippen MR) is 88.5 cm³/mol. The zero-order chi connectivity index (χ0) is 14.7. The van der Waals surface area contributed by atoms with Gasteiger partial charge in [0.25, 0.3) is 0 Å². The lowest BCUT2D eigenvalue weighted by atomic mass is 9.98. The lowest BCUT2D eigenvalue weighted by Crippen LogP contribution is -2.20. The van der Waals surface area contributed by atoms with Crippen LogP contribution in [0.3, 0.4) is 0 Å². The van der Waals surface area contributed by atoms with Gasteiger partial charge < -0.3 is 10.6 Å². The Morgan fingerprint density at radius 2 is 1.50 bits per heavy atom. The molecule has 0 spiro atoms. The van der Waals surface area contributed by atoms with E-state index in [1.54, 1.807) is 0 Å². The van der Waals surface area contributed by atoms with Gasteiger partial charge in [-0.2, -0.15) is 0 Å². The predicted octanol–water partition coefficient (Wildman–Crippen LogP) is 3.87. The lowest BCUT2D eigenvalue weighted by Gasteiger charge is -2.20. The van der Waals surface area contributed by atoms with E-state index in [2.05, 4.69) is 57.0 Å². The molecule has 0 aliphatic carbocycles. The molecule has 0 unspecified atom stereocenters. The largest absolute Gasteiger partial charge is 0.399 e. The van der Waals surface area contributed by atoms with Gasteiger partial charge in [-0.1, -0.05) is 12.1 Å². The van der Waals surface area contributed by atoms with Gasteiger partial charge in [-0.15, -0.1) is 0 Å². The van der Waals surface area contributed by atoms with Crippen LogP contribution in [0.4, 0.5) is 11.4 Å². The fourth-order valence-electron chi connectivity index (χ4n) is 2.44. The minimum atomic E-state index is 0.812. The molecule has 2 N–H and O–H groups in total. The Bertz CT molecular complexity index is 585. The molecule has 2 rings (SSSR count). The summed E-state index contributed by atoms with van der Waals surface area (Å²) in [5.74, 6) is 0. The zero-order valence-corrected chi connectivity index (χ0v) is 12.9. The third kappa shape index (κ3) is 3.32.